The maximum atomic E-state index is 14.0. The molecule has 0 aromatic heterocycles. The Balaban J connectivity index is 2.07. The Morgan fingerprint density at radius 1 is 0.949 bits per heavy atom. The van der Waals surface area contributed by atoms with Crippen LogP contribution in [-0.2, 0) is 26.2 Å². The van der Waals surface area contributed by atoms with Gasteiger partial charge in [-0.3, -0.25) is 13.9 Å². The highest BCUT2D eigenvalue weighted by Gasteiger charge is 2.33. The number of aryl methyl sites for hydroxylation is 3. The Bertz CT molecular complexity index is 1420. The summed E-state index contributed by atoms with van der Waals surface area (Å²) in [6.45, 7) is 9.29. The Kier molecular flexibility index (Phi) is 10.2. The van der Waals surface area contributed by atoms with Crippen molar-refractivity contribution < 1.29 is 18.0 Å². The first-order chi connectivity index (χ1) is 18.4. The number of anilines is 1. The number of hydrogen-bond donors (Lipinski definition) is 1. The number of carbonyl (C=O) groups is 2. The molecule has 0 aliphatic rings. The van der Waals surface area contributed by atoms with E-state index in [0.717, 1.165) is 27.4 Å². The summed E-state index contributed by atoms with van der Waals surface area (Å²) in [5, 5.41) is 3.19. The predicted molar refractivity (Wildman–Crippen MR) is 156 cm³/mol. The van der Waals surface area contributed by atoms with Crippen LogP contribution in [0, 0.1) is 20.8 Å². The van der Waals surface area contributed by atoms with E-state index in [1.54, 1.807) is 44.2 Å². The van der Waals surface area contributed by atoms with Crippen LogP contribution in [0.15, 0.2) is 71.6 Å². The van der Waals surface area contributed by atoms with E-state index in [1.807, 2.05) is 45.0 Å². The van der Waals surface area contributed by atoms with Gasteiger partial charge in [-0.25, -0.2) is 8.42 Å². The molecule has 2 amide bonds. The van der Waals surface area contributed by atoms with Crippen molar-refractivity contribution in [2.75, 3.05) is 17.4 Å². The van der Waals surface area contributed by atoms with Crippen LogP contribution in [0.5, 0.6) is 0 Å². The zero-order chi connectivity index (χ0) is 28.7. The number of nitrogens with zero attached hydrogens (tertiary/aromatic N) is 2. The highest BCUT2D eigenvalue weighted by Crippen LogP contribution is 2.30. The molecule has 208 valence electrons. The average molecular weight is 570 g/mol. The Hall–Kier alpha value is -3.36. The van der Waals surface area contributed by atoms with Gasteiger partial charge < -0.3 is 10.2 Å². The molecule has 0 bridgehead atoms. The van der Waals surface area contributed by atoms with Crippen LogP contribution in [0.3, 0.4) is 0 Å². The molecule has 0 saturated carbocycles. The van der Waals surface area contributed by atoms with Crippen molar-refractivity contribution in [3.8, 4) is 0 Å². The fourth-order valence-corrected chi connectivity index (χ4v) is 5.79. The lowest BCUT2D eigenvalue weighted by Gasteiger charge is -2.32. The standard InChI is InChI=1S/C30H36ClN3O4S/c1-6-17-32-30(36)24(5)33(19-25-10-8-7-9-22(25)3)29(35)20-34(28-18-26(31)14-13-23(28)4)39(37,38)27-15-11-21(2)12-16-27/h7-16,18,24H,6,17,19-20H2,1-5H3,(H,32,36)/t24-/m1/s1. The molecule has 1 N–H and O–H groups in total. The second-order valence-corrected chi connectivity index (χ2v) is 12.0. The number of nitrogens with one attached hydrogen (secondary N) is 1. The SMILES string of the molecule is CCCNC(=O)[C@@H](C)N(Cc1ccccc1C)C(=O)CN(c1cc(Cl)ccc1C)S(=O)(=O)c1ccc(C)cc1. The van der Waals surface area contributed by atoms with Crippen LogP contribution in [-0.4, -0.2) is 44.3 Å². The summed E-state index contributed by atoms with van der Waals surface area (Å²) in [4.78, 5) is 28.5. The van der Waals surface area contributed by atoms with Crippen molar-refractivity contribution in [1.82, 2.24) is 10.2 Å². The molecule has 0 saturated heterocycles. The van der Waals surface area contributed by atoms with Crippen molar-refractivity contribution in [2.24, 2.45) is 0 Å². The van der Waals surface area contributed by atoms with E-state index < -0.39 is 28.5 Å². The maximum Gasteiger partial charge on any atom is 0.264 e. The van der Waals surface area contributed by atoms with Gasteiger partial charge in [0.05, 0.1) is 10.6 Å². The fourth-order valence-electron chi connectivity index (χ4n) is 4.15. The van der Waals surface area contributed by atoms with E-state index >= 15 is 0 Å². The molecule has 3 rings (SSSR count). The summed E-state index contributed by atoms with van der Waals surface area (Å²) in [6, 6.07) is 18.2. The zero-order valence-electron chi connectivity index (χ0n) is 23.1. The summed E-state index contributed by atoms with van der Waals surface area (Å²) in [5.41, 5.74) is 3.68. The molecular formula is C30H36ClN3O4S. The van der Waals surface area contributed by atoms with Gasteiger partial charge in [-0.15, -0.1) is 0 Å². The lowest BCUT2D eigenvalue weighted by atomic mass is 10.1. The summed E-state index contributed by atoms with van der Waals surface area (Å²) in [5.74, 6) is -0.807. The van der Waals surface area contributed by atoms with Crippen LogP contribution >= 0.6 is 11.6 Å². The van der Waals surface area contributed by atoms with E-state index in [-0.39, 0.29) is 17.3 Å². The van der Waals surface area contributed by atoms with Gasteiger partial charge in [-0.05, 0) is 75.1 Å². The van der Waals surface area contributed by atoms with E-state index in [9.17, 15) is 18.0 Å². The highest BCUT2D eigenvalue weighted by atomic mass is 35.5. The molecule has 0 fully saturated rings. The van der Waals surface area contributed by atoms with Gasteiger partial charge in [0.25, 0.3) is 10.0 Å². The number of sulfonamides is 1. The average Bonchev–Trinajstić information content (AvgIpc) is 2.91. The number of benzene rings is 3. The molecule has 9 heteroatoms. The van der Waals surface area contributed by atoms with Crippen molar-refractivity contribution in [3.63, 3.8) is 0 Å². The van der Waals surface area contributed by atoms with Gasteiger partial charge in [0.2, 0.25) is 11.8 Å². The third-order valence-electron chi connectivity index (χ3n) is 6.65. The molecule has 0 unspecified atom stereocenters. The summed E-state index contributed by atoms with van der Waals surface area (Å²) in [6.07, 6.45) is 0.751. The molecule has 0 radical (unpaired) electrons. The van der Waals surface area contributed by atoms with Gasteiger partial charge >= 0.3 is 0 Å². The van der Waals surface area contributed by atoms with Gasteiger partial charge in [0.1, 0.15) is 12.6 Å². The monoisotopic (exact) mass is 569 g/mol. The van der Waals surface area contributed by atoms with Crippen LogP contribution in [0.4, 0.5) is 5.69 Å². The first-order valence-electron chi connectivity index (χ1n) is 12.9. The normalized spacial score (nSPS) is 12.1. The fraction of sp³-hybridized carbons (Fsp3) is 0.333. The van der Waals surface area contributed by atoms with Crippen LogP contribution < -0.4 is 9.62 Å². The number of amides is 2. The molecule has 0 aliphatic carbocycles. The smallest absolute Gasteiger partial charge is 0.264 e. The van der Waals surface area contributed by atoms with Gasteiger partial charge in [0, 0.05) is 18.1 Å². The van der Waals surface area contributed by atoms with Crippen molar-refractivity contribution in [1.29, 1.82) is 0 Å². The minimum atomic E-state index is -4.15. The molecule has 0 heterocycles. The van der Waals surface area contributed by atoms with E-state index in [1.165, 1.54) is 17.0 Å². The third-order valence-corrected chi connectivity index (χ3v) is 8.66. The third kappa shape index (κ3) is 7.40. The Morgan fingerprint density at radius 2 is 1.62 bits per heavy atom. The molecule has 39 heavy (non-hydrogen) atoms. The second kappa shape index (κ2) is 13.1. The van der Waals surface area contributed by atoms with E-state index in [0.29, 0.717) is 22.8 Å². The van der Waals surface area contributed by atoms with Crippen LogP contribution in [0.25, 0.3) is 0 Å². The van der Waals surface area contributed by atoms with Gasteiger partial charge in [-0.1, -0.05) is 66.6 Å². The number of hydrogen-bond acceptors (Lipinski definition) is 4. The van der Waals surface area contributed by atoms with Crippen LogP contribution in [0.1, 0.15) is 42.5 Å². The Morgan fingerprint density at radius 3 is 2.26 bits per heavy atom. The summed E-state index contributed by atoms with van der Waals surface area (Å²) < 4.78 is 29.0. The Labute approximate surface area is 236 Å². The quantitative estimate of drug-likeness (QED) is 0.335. The number of rotatable bonds is 11. The highest BCUT2D eigenvalue weighted by molar-refractivity contribution is 7.92. The molecular weight excluding hydrogens is 534 g/mol. The second-order valence-electron chi connectivity index (χ2n) is 9.67. The minimum absolute atomic E-state index is 0.0551. The van der Waals surface area contributed by atoms with Crippen LogP contribution in [0.2, 0.25) is 5.02 Å². The zero-order valence-corrected chi connectivity index (χ0v) is 24.6. The van der Waals surface area contributed by atoms with Gasteiger partial charge in [0.15, 0.2) is 0 Å². The predicted octanol–water partition coefficient (Wildman–Crippen LogP) is 5.40. The topological polar surface area (TPSA) is 86.8 Å². The first-order valence-corrected chi connectivity index (χ1v) is 14.7. The summed E-state index contributed by atoms with van der Waals surface area (Å²) >= 11 is 6.27. The molecule has 3 aromatic rings. The first kappa shape index (κ1) is 30.2. The molecule has 0 spiro atoms. The molecule has 0 aliphatic heterocycles. The minimum Gasteiger partial charge on any atom is -0.354 e. The van der Waals surface area contributed by atoms with Crippen molar-refractivity contribution >= 4 is 39.1 Å². The molecule has 1 atom stereocenters. The van der Waals surface area contributed by atoms with Crippen molar-refractivity contribution in [2.45, 2.75) is 58.5 Å². The number of carbonyl (C=O) groups excluding carboxylic acids is 2. The van der Waals surface area contributed by atoms with Crippen molar-refractivity contribution in [3.05, 3.63) is 94.0 Å². The lowest BCUT2D eigenvalue weighted by Crippen LogP contribution is -2.51. The van der Waals surface area contributed by atoms with Gasteiger partial charge in [-0.2, -0.15) is 0 Å². The van der Waals surface area contributed by atoms with E-state index in [4.69, 9.17) is 11.6 Å². The molecule has 7 nitrogen and oxygen atoms in total. The lowest BCUT2D eigenvalue weighted by molar-refractivity contribution is -0.139. The number of halogens is 1. The summed E-state index contributed by atoms with van der Waals surface area (Å²) in [7, 11) is -4.15. The molecule has 3 aromatic carbocycles. The maximum absolute atomic E-state index is 14.0. The largest absolute Gasteiger partial charge is 0.354 e. The van der Waals surface area contributed by atoms with E-state index in [2.05, 4.69) is 5.32 Å².